The van der Waals surface area contributed by atoms with E-state index < -0.39 is 0 Å². The van der Waals surface area contributed by atoms with Crippen LogP contribution in [0.5, 0.6) is 0 Å². The van der Waals surface area contributed by atoms with Crippen LogP contribution in [0.1, 0.15) is 25.5 Å². The Balaban J connectivity index is 2.73. The zero-order chi connectivity index (χ0) is 9.84. The standard InChI is InChI=1S/C11H18N2/c1-8(2)10(12)11(13)9-6-4-3-5-7-9/h3-8,10-11H,12-13H2,1-2H3/t10-,11-/m1/s1. The Morgan fingerprint density at radius 2 is 1.54 bits per heavy atom. The number of benzene rings is 1. The van der Waals surface area contributed by atoms with Gasteiger partial charge in [-0.1, -0.05) is 44.2 Å². The molecule has 2 atom stereocenters. The average molecular weight is 178 g/mol. The fourth-order valence-electron chi connectivity index (χ4n) is 1.31. The normalized spacial score (nSPS) is 15.8. The van der Waals surface area contributed by atoms with Crippen molar-refractivity contribution in [1.29, 1.82) is 0 Å². The summed E-state index contributed by atoms with van der Waals surface area (Å²) in [6.45, 7) is 4.18. The van der Waals surface area contributed by atoms with E-state index in [1.54, 1.807) is 0 Å². The largest absolute Gasteiger partial charge is 0.326 e. The summed E-state index contributed by atoms with van der Waals surface area (Å²) in [4.78, 5) is 0. The van der Waals surface area contributed by atoms with E-state index in [-0.39, 0.29) is 12.1 Å². The molecule has 0 unspecified atom stereocenters. The third-order valence-electron chi connectivity index (χ3n) is 2.37. The second-order valence-corrected chi connectivity index (χ2v) is 3.76. The first-order valence-corrected chi connectivity index (χ1v) is 4.69. The van der Waals surface area contributed by atoms with Crippen LogP contribution >= 0.6 is 0 Å². The predicted octanol–water partition coefficient (Wildman–Crippen LogP) is 1.67. The summed E-state index contributed by atoms with van der Waals surface area (Å²) in [5.41, 5.74) is 13.1. The molecule has 0 fully saturated rings. The smallest absolute Gasteiger partial charge is 0.0451 e. The molecule has 0 saturated carbocycles. The summed E-state index contributed by atoms with van der Waals surface area (Å²) in [6, 6.07) is 9.98. The van der Waals surface area contributed by atoms with Crippen LogP contribution in [0.25, 0.3) is 0 Å². The van der Waals surface area contributed by atoms with Crippen LogP contribution in [0.2, 0.25) is 0 Å². The van der Waals surface area contributed by atoms with Crippen molar-refractivity contribution in [1.82, 2.24) is 0 Å². The van der Waals surface area contributed by atoms with Gasteiger partial charge in [-0.25, -0.2) is 0 Å². The molecule has 1 aromatic carbocycles. The van der Waals surface area contributed by atoms with E-state index in [0.29, 0.717) is 5.92 Å². The van der Waals surface area contributed by atoms with Crippen molar-refractivity contribution in [2.45, 2.75) is 25.9 Å². The Labute approximate surface area is 79.9 Å². The monoisotopic (exact) mass is 178 g/mol. The Morgan fingerprint density at radius 3 is 2.00 bits per heavy atom. The van der Waals surface area contributed by atoms with Crippen molar-refractivity contribution in [3.63, 3.8) is 0 Å². The summed E-state index contributed by atoms with van der Waals surface area (Å²) in [5.74, 6) is 0.412. The molecule has 0 aliphatic heterocycles. The van der Waals surface area contributed by atoms with Gasteiger partial charge in [0.2, 0.25) is 0 Å². The van der Waals surface area contributed by atoms with Gasteiger partial charge in [0.1, 0.15) is 0 Å². The summed E-state index contributed by atoms with van der Waals surface area (Å²) in [6.07, 6.45) is 0. The van der Waals surface area contributed by atoms with Crippen LogP contribution in [0.4, 0.5) is 0 Å². The van der Waals surface area contributed by atoms with Gasteiger partial charge in [0, 0.05) is 12.1 Å². The van der Waals surface area contributed by atoms with Crippen LogP contribution in [0.15, 0.2) is 30.3 Å². The van der Waals surface area contributed by atoms with Gasteiger partial charge in [0.05, 0.1) is 0 Å². The lowest BCUT2D eigenvalue weighted by molar-refractivity contribution is 0.423. The molecule has 1 aromatic rings. The molecule has 0 aromatic heterocycles. The van der Waals surface area contributed by atoms with Gasteiger partial charge in [-0.3, -0.25) is 0 Å². The van der Waals surface area contributed by atoms with Gasteiger partial charge >= 0.3 is 0 Å². The van der Waals surface area contributed by atoms with Crippen molar-refractivity contribution in [3.8, 4) is 0 Å². The second-order valence-electron chi connectivity index (χ2n) is 3.76. The molecule has 0 amide bonds. The highest BCUT2D eigenvalue weighted by Crippen LogP contribution is 2.16. The maximum atomic E-state index is 6.01. The van der Waals surface area contributed by atoms with Gasteiger partial charge in [0.15, 0.2) is 0 Å². The number of hydrogen-bond acceptors (Lipinski definition) is 2. The first-order chi connectivity index (χ1) is 6.13. The SMILES string of the molecule is CC(C)[C@@H](N)[C@H](N)c1ccccc1. The van der Waals surface area contributed by atoms with Crippen LogP contribution in [-0.4, -0.2) is 6.04 Å². The summed E-state index contributed by atoms with van der Waals surface area (Å²) < 4.78 is 0. The molecule has 0 spiro atoms. The molecule has 4 N–H and O–H groups in total. The fourth-order valence-corrected chi connectivity index (χ4v) is 1.31. The van der Waals surface area contributed by atoms with E-state index >= 15 is 0 Å². The molecule has 2 nitrogen and oxygen atoms in total. The molecule has 1 rings (SSSR count). The molecular formula is C11H18N2. The molecule has 0 radical (unpaired) electrons. The van der Waals surface area contributed by atoms with Crippen molar-refractivity contribution in [3.05, 3.63) is 35.9 Å². The highest BCUT2D eigenvalue weighted by Gasteiger charge is 2.17. The van der Waals surface area contributed by atoms with E-state index in [1.807, 2.05) is 30.3 Å². The minimum atomic E-state index is -0.0544. The van der Waals surface area contributed by atoms with Crippen LogP contribution in [-0.2, 0) is 0 Å². The first kappa shape index (κ1) is 10.2. The maximum Gasteiger partial charge on any atom is 0.0451 e. The van der Waals surface area contributed by atoms with E-state index in [0.717, 1.165) is 5.56 Å². The van der Waals surface area contributed by atoms with Crippen molar-refractivity contribution < 1.29 is 0 Å². The maximum absolute atomic E-state index is 6.01. The van der Waals surface area contributed by atoms with Crippen molar-refractivity contribution >= 4 is 0 Å². The number of hydrogen-bond donors (Lipinski definition) is 2. The minimum absolute atomic E-state index is 0.0300. The molecule has 0 saturated heterocycles. The quantitative estimate of drug-likeness (QED) is 0.739. The van der Waals surface area contributed by atoms with E-state index in [1.165, 1.54) is 0 Å². The molecule has 0 heterocycles. The molecule has 2 heteroatoms. The Bertz CT molecular complexity index is 244. The third-order valence-corrected chi connectivity index (χ3v) is 2.37. The predicted molar refractivity (Wildman–Crippen MR) is 56.2 cm³/mol. The molecular weight excluding hydrogens is 160 g/mol. The molecule has 72 valence electrons. The van der Waals surface area contributed by atoms with E-state index in [2.05, 4.69) is 13.8 Å². The fraction of sp³-hybridized carbons (Fsp3) is 0.455. The van der Waals surface area contributed by atoms with Crippen LogP contribution in [0, 0.1) is 5.92 Å². The highest BCUT2D eigenvalue weighted by molar-refractivity contribution is 5.20. The van der Waals surface area contributed by atoms with Crippen LogP contribution < -0.4 is 11.5 Å². The molecule has 0 aliphatic carbocycles. The highest BCUT2D eigenvalue weighted by atomic mass is 14.8. The Morgan fingerprint density at radius 1 is 1.00 bits per heavy atom. The van der Waals surface area contributed by atoms with Gasteiger partial charge in [0.25, 0.3) is 0 Å². The third kappa shape index (κ3) is 2.54. The van der Waals surface area contributed by atoms with Gasteiger partial charge in [-0.15, -0.1) is 0 Å². The number of rotatable bonds is 3. The topological polar surface area (TPSA) is 52.0 Å². The lowest BCUT2D eigenvalue weighted by atomic mass is 9.93. The average Bonchev–Trinajstić information content (AvgIpc) is 2.17. The molecule has 0 bridgehead atoms. The summed E-state index contributed by atoms with van der Waals surface area (Å²) >= 11 is 0. The van der Waals surface area contributed by atoms with Gasteiger partial charge in [-0.2, -0.15) is 0 Å². The minimum Gasteiger partial charge on any atom is -0.326 e. The van der Waals surface area contributed by atoms with Gasteiger partial charge in [-0.05, 0) is 11.5 Å². The summed E-state index contributed by atoms with van der Waals surface area (Å²) in [5, 5.41) is 0. The zero-order valence-corrected chi connectivity index (χ0v) is 8.27. The molecule has 13 heavy (non-hydrogen) atoms. The summed E-state index contributed by atoms with van der Waals surface area (Å²) in [7, 11) is 0. The van der Waals surface area contributed by atoms with Crippen molar-refractivity contribution in [2.75, 3.05) is 0 Å². The van der Waals surface area contributed by atoms with E-state index in [9.17, 15) is 0 Å². The lowest BCUT2D eigenvalue weighted by Crippen LogP contribution is -2.38. The second kappa shape index (κ2) is 4.40. The van der Waals surface area contributed by atoms with E-state index in [4.69, 9.17) is 11.5 Å². The van der Waals surface area contributed by atoms with Crippen LogP contribution in [0.3, 0.4) is 0 Å². The lowest BCUT2D eigenvalue weighted by Gasteiger charge is -2.23. The Kier molecular flexibility index (Phi) is 3.46. The first-order valence-electron chi connectivity index (χ1n) is 4.69. The number of nitrogens with two attached hydrogens (primary N) is 2. The molecule has 0 aliphatic rings. The van der Waals surface area contributed by atoms with Gasteiger partial charge < -0.3 is 11.5 Å². The zero-order valence-electron chi connectivity index (χ0n) is 8.27. The van der Waals surface area contributed by atoms with Crippen molar-refractivity contribution in [2.24, 2.45) is 17.4 Å². The Hall–Kier alpha value is -0.860.